The Labute approximate surface area is 143 Å². The van der Waals surface area contributed by atoms with Gasteiger partial charge in [0.1, 0.15) is 5.04 Å². The Morgan fingerprint density at radius 2 is 1.79 bits per heavy atom. The van der Waals surface area contributed by atoms with E-state index in [9.17, 15) is 4.79 Å². The van der Waals surface area contributed by atoms with Crippen LogP contribution in [0.5, 0.6) is 0 Å². The van der Waals surface area contributed by atoms with Crippen LogP contribution in [0.4, 0.5) is 11.4 Å². The molecule has 0 saturated carbocycles. The highest BCUT2D eigenvalue weighted by Crippen LogP contribution is 2.31. The van der Waals surface area contributed by atoms with Crippen molar-refractivity contribution in [3.05, 3.63) is 71.4 Å². The van der Waals surface area contributed by atoms with E-state index in [1.807, 2.05) is 60.7 Å². The number of para-hydroxylation sites is 1. The summed E-state index contributed by atoms with van der Waals surface area (Å²) < 4.78 is 0. The molecule has 0 unspecified atom stereocenters. The normalized spacial score (nSPS) is 18.7. The van der Waals surface area contributed by atoms with Crippen LogP contribution in [0.2, 0.25) is 0 Å². The molecule has 4 rings (SSSR count). The van der Waals surface area contributed by atoms with E-state index >= 15 is 0 Å². The molecule has 5 nitrogen and oxygen atoms in total. The number of hydrazone groups is 1. The third-order valence-electron chi connectivity index (χ3n) is 3.72. The summed E-state index contributed by atoms with van der Waals surface area (Å²) in [4.78, 5) is 13.2. The molecular weight excluding hydrogens is 320 g/mol. The number of carbonyl (C=O) groups is 1. The molecule has 4 N–H and O–H groups in total. The zero-order chi connectivity index (χ0) is 16.5. The molecule has 2 aromatic rings. The van der Waals surface area contributed by atoms with Gasteiger partial charge < -0.3 is 11.1 Å². The van der Waals surface area contributed by atoms with Crippen LogP contribution in [0.25, 0.3) is 6.08 Å². The summed E-state index contributed by atoms with van der Waals surface area (Å²) in [5.74, 6) is -0.209. The summed E-state index contributed by atoms with van der Waals surface area (Å²) in [6.07, 6.45) is 3.90. The van der Waals surface area contributed by atoms with Crippen LogP contribution in [-0.4, -0.2) is 11.0 Å². The van der Waals surface area contributed by atoms with Crippen molar-refractivity contribution in [1.82, 2.24) is 5.43 Å². The monoisotopic (exact) mass is 334 g/mol. The minimum atomic E-state index is -0.209. The molecule has 0 aromatic heterocycles. The first-order valence-electron chi connectivity index (χ1n) is 7.41. The predicted molar refractivity (Wildman–Crippen MR) is 98.4 cm³/mol. The molecule has 24 heavy (non-hydrogen) atoms. The number of nitrogen functional groups attached to an aromatic ring is 1. The highest BCUT2D eigenvalue weighted by molar-refractivity contribution is 8.14. The van der Waals surface area contributed by atoms with Crippen molar-refractivity contribution in [1.29, 1.82) is 0 Å². The van der Waals surface area contributed by atoms with Gasteiger partial charge in [0, 0.05) is 16.3 Å². The second-order valence-electron chi connectivity index (χ2n) is 5.36. The number of carbonyl (C=O) groups excluding carboxylic acids is 1. The molecule has 2 aliphatic rings. The minimum absolute atomic E-state index is 0.209. The minimum Gasteiger partial charge on any atom is -0.399 e. The molecule has 2 heterocycles. The zero-order valence-electron chi connectivity index (χ0n) is 12.6. The Morgan fingerprint density at radius 3 is 2.62 bits per heavy atom. The summed E-state index contributed by atoms with van der Waals surface area (Å²) in [7, 11) is 0. The molecule has 0 radical (unpaired) electrons. The molecule has 2 aliphatic heterocycles. The SMILES string of the molecule is Nc1ccc(SC2=NNC(=O)C2=C2C=Cc3ccccc3N2)cc1. The molecule has 0 bridgehead atoms. The molecule has 0 saturated heterocycles. The maximum absolute atomic E-state index is 12.2. The van der Waals surface area contributed by atoms with E-state index < -0.39 is 0 Å². The largest absolute Gasteiger partial charge is 0.399 e. The molecule has 0 atom stereocenters. The number of hydrogen-bond acceptors (Lipinski definition) is 5. The standard InChI is InChI=1S/C18H14N4OS/c19-12-6-8-13(9-7-12)24-18-16(17(23)21-22-18)15-10-5-11-3-1-2-4-14(11)20-15/h1-10,20H,19H2,(H,21,23). The summed E-state index contributed by atoms with van der Waals surface area (Å²) in [5.41, 5.74) is 12.3. The van der Waals surface area contributed by atoms with Gasteiger partial charge in [0.15, 0.2) is 0 Å². The summed E-state index contributed by atoms with van der Waals surface area (Å²) in [6, 6.07) is 15.4. The van der Waals surface area contributed by atoms with Gasteiger partial charge in [-0.1, -0.05) is 36.0 Å². The fraction of sp³-hybridized carbons (Fsp3) is 0. The fourth-order valence-electron chi connectivity index (χ4n) is 2.53. The van der Waals surface area contributed by atoms with Crippen LogP contribution in [-0.2, 0) is 4.79 Å². The average molecular weight is 334 g/mol. The second kappa shape index (κ2) is 5.90. The molecule has 118 valence electrons. The maximum atomic E-state index is 12.2. The Bertz CT molecular complexity index is 913. The van der Waals surface area contributed by atoms with Crippen LogP contribution in [0.3, 0.4) is 0 Å². The van der Waals surface area contributed by atoms with Gasteiger partial charge in [-0.25, -0.2) is 5.43 Å². The first-order valence-corrected chi connectivity index (χ1v) is 8.22. The van der Waals surface area contributed by atoms with Crippen molar-refractivity contribution < 1.29 is 4.79 Å². The maximum Gasteiger partial charge on any atom is 0.276 e. The van der Waals surface area contributed by atoms with E-state index in [1.165, 1.54) is 11.8 Å². The third-order valence-corrected chi connectivity index (χ3v) is 4.72. The molecular formula is C18H14N4OS. The molecule has 0 aliphatic carbocycles. The van der Waals surface area contributed by atoms with Gasteiger partial charge in [-0.3, -0.25) is 4.79 Å². The molecule has 0 spiro atoms. The first kappa shape index (κ1) is 14.6. The van der Waals surface area contributed by atoms with Gasteiger partial charge in [0.2, 0.25) is 0 Å². The number of amides is 1. The average Bonchev–Trinajstić information content (AvgIpc) is 2.97. The molecule has 1 amide bonds. The molecule has 2 aromatic carbocycles. The predicted octanol–water partition coefficient (Wildman–Crippen LogP) is 3.20. The zero-order valence-corrected chi connectivity index (χ0v) is 13.4. The van der Waals surface area contributed by atoms with Crippen LogP contribution in [0, 0.1) is 0 Å². The number of anilines is 2. The number of hydrogen-bond donors (Lipinski definition) is 3. The lowest BCUT2D eigenvalue weighted by Gasteiger charge is -2.17. The lowest BCUT2D eigenvalue weighted by molar-refractivity contribution is -0.116. The van der Waals surface area contributed by atoms with Crippen LogP contribution >= 0.6 is 11.8 Å². The number of thioether (sulfide) groups is 1. The second-order valence-corrected chi connectivity index (χ2v) is 6.43. The summed E-state index contributed by atoms with van der Waals surface area (Å²) in [5, 5.41) is 8.11. The Hall–Kier alpha value is -2.99. The van der Waals surface area contributed by atoms with Gasteiger partial charge >= 0.3 is 0 Å². The van der Waals surface area contributed by atoms with E-state index in [0.717, 1.165) is 21.8 Å². The highest BCUT2D eigenvalue weighted by Gasteiger charge is 2.28. The lowest BCUT2D eigenvalue weighted by atomic mass is 10.1. The van der Waals surface area contributed by atoms with Gasteiger partial charge in [-0.05, 0) is 42.0 Å². The van der Waals surface area contributed by atoms with E-state index in [-0.39, 0.29) is 5.91 Å². The summed E-state index contributed by atoms with van der Waals surface area (Å²) >= 11 is 1.43. The van der Waals surface area contributed by atoms with Crippen LogP contribution in [0.1, 0.15) is 5.56 Å². The van der Waals surface area contributed by atoms with E-state index in [4.69, 9.17) is 5.73 Å². The van der Waals surface area contributed by atoms with Crippen molar-refractivity contribution >= 4 is 40.2 Å². The van der Waals surface area contributed by atoms with Gasteiger partial charge in [0.25, 0.3) is 5.91 Å². The van der Waals surface area contributed by atoms with Crippen molar-refractivity contribution in [3.63, 3.8) is 0 Å². The Morgan fingerprint density at radius 1 is 1.00 bits per heavy atom. The number of allylic oxidation sites excluding steroid dienone is 1. The number of rotatable bonds is 1. The number of benzene rings is 2. The van der Waals surface area contributed by atoms with E-state index in [2.05, 4.69) is 15.8 Å². The van der Waals surface area contributed by atoms with Gasteiger partial charge in [0.05, 0.1) is 11.3 Å². The number of nitrogens with two attached hydrogens (primary N) is 1. The van der Waals surface area contributed by atoms with Crippen molar-refractivity contribution in [3.8, 4) is 0 Å². The molecule has 6 heteroatoms. The topological polar surface area (TPSA) is 79.5 Å². The van der Waals surface area contributed by atoms with Crippen molar-refractivity contribution in [2.24, 2.45) is 5.10 Å². The number of nitrogens with one attached hydrogen (secondary N) is 2. The Balaban J connectivity index is 1.67. The summed E-state index contributed by atoms with van der Waals surface area (Å²) in [6.45, 7) is 0. The van der Waals surface area contributed by atoms with E-state index in [0.29, 0.717) is 16.3 Å². The van der Waals surface area contributed by atoms with Gasteiger partial charge in [-0.2, -0.15) is 5.10 Å². The quantitative estimate of drug-likeness (QED) is 0.553. The van der Waals surface area contributed by atoms with E-state index in [1.54, 1.807) is 0 Å². The fourth-order valence-corrected chi connectivity index (χ4v) is 3.42. The Kier molecular flexibility index (Phi) is 3.59. The van der Waals surface area contributed by atoms with Gasteiger partial charge in [-0.15, -0.1) is 0 Å². The van der Waals surface area contributed by atoms with Crippen molar-refractivity contribution in [2.45, 2.75) is 4.90 Å². The molecule has 0 fully saturated rings. The smallest absolute Gasteiger partial charge is 0.276 e. The third kappa shape index (κ3) is 2.68. The highest BCUT2D eigenvalue weighted by atomic mass is 32.2. The number of nitrogens with zero attached hydrogens (tertiary/aromatic N) is 1. The number of fused-ring (bicyclic) bond motifs is 1. The van der Waals surface area contributed by atoms with Crippen LogP contribution < -0.4 is 16.5 Å². The van der Waals surface area contributed by atoms with Crippen molar-refractivity contribution in [2.75, 3.05) is 11.1 Å². The first-order chi connectivity index (χ1) is 11.7. The van der Waals surface area contributed by atoms with Crippen LogP contribution in [0.15, 0.2) is 75.9 Å². The lowest BCUT2D eigenvalue weighted by Crippen LogP contribution is -2.18.